The van der Waals surface area contributed by atoms with Gasteiger partial charge in [-0.15, -0.1) is 0 Å². The Morgan fingerprint density at radius 3 is 2.10 bits per heavy atom. The van der Waals surface area contributed by atoms with E-state index in [4.69, 9.17) is 0 Å². The highest BCUT2D eigenvalue weighted by molar-refractivity contribution is 5.96. The molecule has 0 spiro atoms. The number of hydrogen-bond donors (Lipinski definition) is 0. The number of aryl methyl sites for hydroxylation is 2. The van der Waals surface area contributed by atoms with Crippen LogP contribution in [-0.2, 0) is 11.2 Å². The summed E-state index contributed by atoms with van der Waals surface area (Å²) < 4.78 is 13.1. The van der Waals surface area contributed by atoms with Crippen LogP contribution in [0.4, 0.5) is 10.1 Å². The monoisotopic (exact) mass is 418 g/mol. The highest BCUT2D eigenvalue weighted by Gasteiger charge is 2.11. The van der Waals surface area contributed by atoms with Crippen LogP contribution in [0.25, 0.3) is 11.1 Å². The van der Waals surface area contributed by atoms with Gasteiger partial charge in [-0.3, -0.25) is 9.59 Å². The second-order valence-electron chi connectivity index (χ2n) is 7.63. The second-order valence-corrected chi connectivity index (χ2v) is 7.63. The number of carbonyl (C=O) groups excluding carboxylic acids is 2. The first kappa shape index (κ1) is 22.3. The second kappa shape index (κ2) is 10.1. The number of ketones is 1. The zero-order valence-electron chi connectivity index (χ0n) is 18.2. The van der Waals surface area contributed by atoms with E-state index < -0.39 is 5.95 Å². The van der Waals surface area contributed by atoms with E-state index in [1.807, 2.05) is 55.5 Å². The maximum atomic E-state index is 13.1. The van der Waals surface area contributed by atoms with Crippen molar-refractivity contribution < 1.29 is 14.0 Å². The molecule has 160 valence electrons. The van der Waals surface area contributed by atoms with Crippen LogP contribution in [0.15, 0.2) is 60.7 Å². The number of halogens is 1. The van der Waals surface area contributed by atoms with Crippen LogP contribution in [-0.4, -0.2) is 23.7 Å². The number of aromatic nitrogens is 1. The van der Waals surface area contributed by atoms with Gasteiger partial charge < -0.3 is 4.90 Å². The minimum Gasteiger partial charge on any atom is -0.316 e. The van der Waals surface area contributed by atoms with Gasteiger partial charge in [-0.1, -0.05) is 49.4 Å². The van der Waals surface area contributed by atoms with Gasteiger partial charge >= 0.3 is 0 Å². The lowest BCUT2D eigenvalue weighted by Crippen LogP contribution is -2.25. The van der Waals surface area contributed by atoms with E-state index in [1.54, 1.807) is 24.9 Å². The molecule has 5 heteroatoms. The maximum Gasteiger partial charge on any atom is 0.226 e. The van der Waals surface area contributed by atoms with Gasteiger partial charge in [0.2, 0.25) is 11.9 Å². The molecular weight excluding hydrogens is 391 g/mol. The Kier molecular flexibility index (Phi) is 7.29. The van der Waals surface area contributed by atoms with Crippen LogP contribution in [0.5, 0.6) is 0 Å². The van der Waals surface area contributed by atoms with Crippen molar-refractivity contribution in [3.05, 3.63) is 83.4 Å². The zero-order valence-corrected chi connectivity index (χ0v) is 18.2. The van der Waals surface area contributed by atoms with Gasteiger partial charge in [0.25, 0.3) is 0 Å². The summed E-state index contributed by atoms with van der Waals surface area (Å²) in [5, 5.41) is 0. The van der Waals surface area contributed by atoms with Crippen LogP contribution in [0.2, 0.25) is 0 Å². The van der Waals surface area contributed by atoms with Crippen molar-refractivity contribution in [3.8, 4) is 11.1 Å². The van der Waals surface area contributed by atoms with Crippen molar-refractivity contribution in [2.75, 3.05) is 11.9 Å². The first-order valence-electron chi connectivity index (χ1n) is 10.5. The van der Waals surface area contributed by atoms with Crippen LogP contribution in [0.1, 0.15) is 47.8 Å². The maximum absolute atomic E-state index is 13.1. The lowest BCUT2D eigenvalue weighted by atomic mass is 9.99. The molecule has 0 aliphatic rings. The molecule has 0 N–H and O–H groups in total. The van der Waals surface area contributed by atoms with Crippen molar-refractivity contribution >= 4 is 17.4 Å². The van der Waals surface area contributed by atoms with Gasteiger partial charge in [-0.25, -0.2) is 4.98 Å². The fourth-order valence-corrected chi connectivity index (χ4v) is 3.47. The molecule has 0 atom stereocenters. The number of rotatable bonds is 8. The molecule has 0 radical (unpaired) electrons. The third-order valence-corrected chi connectivity index (χ3v) is 5.42. The molecule has 0 fully saturated rings. The minimum atomic E-state index is -0.504. The number of carbonyl (C=O) groups is 2. The van der Waals surface area contributed by atoms with Crippen molar-refractivity contribution in [1.29, 1.82) is 0 Å². The Balaban J connectivity index is 1.64. The van der Waals surface area contributed by atoms with Crippen molar-refractivity contribution in [3.63, 3.8) is 0 Å². The molecule has 1 heterocycles. The third kappa shape index (κ3) is 5.63. The molecule has 0 unspecified atom stereocenters. The quantitative estimate of drug-likeness (QED) is 0.344. The molecule has 3 aromatic rings. The van der Waals surface area contributed by atoms with Gasteiger partial charge in [0.1, 0.15) is 0 Å². The molecule has 0 aliphatic heterocycles. The van der Waals surface area contributed by atoms with E-state index in [2.05, 4.69) is 4.98 Å². The summed E-state index contributed by atoms with van der Waals surface area (Å²) in [7, 11) is 1.79. The van der Waals surface area contributed by atoms with Gasteiger partial charge in [-0.2, -0.15) is 4.39 Å². The summed E-state index contributed by atoms with van der Waals surface area (Å²) in [6, 6.07) is 18.4. The van der Waals surface area contributed by atoms with E-state index in [0.29, 0.717) is 30.5 Å². The standard InChI is InChI=1S/C26H27FN2O2/c1-4-5-26(31)29(3)23-14-10-21(11-15-23)20-6-8-22(9-7-20)24(30)16-12-19-13-17-25(27)28-18(19)2/h6-11,13-15,17H,4-5,12,16H2,1-3H3. The average Bonchev–Trinajstić information content (AvgIpc) is 2.78. The van der Waals surface area contributed by atoms with E-state index in [0.717, 1.165) is 28.8 Å². The van der Waals surface area contributed by atoms with Crippen LogP contribution in [0, 0.1) is 12.9 Å². The summed E-state index contributed by atoms with van der Waals surface area (Å²) in [4.78, 5) is 30.1. The predicted octanol–water partition coefficient (Wildman–Crippen LogP) is 5.77. The molecule has 31 heavy (non-hydrogen) atoms. The smallest absolute Gasteiger partial charge is 0.226 e. The zero-order chi connectivity index (χ0) is 22.4. The topological polar surface area (TPSA) is 50.3 Å². The van der Waals surface area contributed by atoms with E-state index >= 15 is 0 Å². The molecule has 0 saturated carbocycles. The van der Waals surface area contributed by atoms with Crippen molar-refractivity contribution in [1.82, 2.24) is 4.98 Å². The molecular formula is C26H27FN2O2. The van der Waals surface area contributed by atoms with E-state index in [-0.39, 0.29) is 11.7 Å². The number of hydrogen-bond acceptors (Lipinski definition) is 3. The van der Waals surface area contributed by atoms with Crippen LogP contribution < -0.4 is 4.90 Å². The first-order valence-corrected chi connectivity index (χ1v) is 10.5. The van der Waals surface area contributed by atoms with Gasteiger partial charge in [0.05, 0.1) is 0 Å². The Bertz CT molecular complexity index is 1060. The van der Waals surface area contributed by atoms with Gasteiger partial charge in [0, 0.05) is 36.8 Å². The van der Waals surface area contributed by atoms with Crippen LogP contribution in [0.3, 0.4) is 0 Å². The van der Waals surface area contributed by atoms with E-state index in [1.165, 1.54) is 6.07 Å². The third-order valence-electron chi connectivity index (χ3n) is 5.42. The Morgan fingerprint density at radius 1 is 0.903 bits per heavy atom. The fourth-order valence-electron chi connectivity index (χ4n) is 3.47. The Morgan fingerprint density at radius 2 is 1.52 bits per heavy atom. The molecule has 0 aliphatic carbocycles. The summed E-state index contributed by atoms with van der Waals surface area (Å²) in [5.74, 6) is -0.359. The number of Topliss-reactive ketones (excluding diaryl/α,β-unsaturated/α-hetero) is 1. The highest BCUT2D eigenvalue weighted by atomic mass is 19.1. The molecule has 3 rings (SSSR count). The molecule has 1 aromatic heterocycles. The molecule has 1 amide bonds. The molecule has 2 aromatic carbocycles. The lowest BCUT2D eigenvalue weighted by molar-refractivity contribution is -0.118. The number of pyridine rings is 1. The lowest BCUT2D eigenvalue weighted by Gasteiger charge is -2.17. The Hall–Kier alpha value is -3.34. The SMILES string of the molecule is CCCC(=O)N(C)c1ccc(-c2ccc(C(=O)CCc3ccc(F)nc3C)cc2)cc1. The Labute approximate surface area is 182 Å². The summed E-state index contributed by atoms with van der Waals surface area (Å²) >= 11 is 0. The van der Waals surface area contributed by atoms with Gasteiger partial charge in [0.15, 0.2) is 5.78 Å². The van der Waals surface area contributed by atoms with Gasteiger partial charge in [-0.05, 0) is 54.7 Å². The molecule has 0 bridgehead atoms. The van der Waals surface area contributed by atoms with Crippen LogP contribution >= 0.6 is 0 Å². The summed E-state index contributed by atoms with van der Waals surface area (Å²) in [5.41, 5.74) is 5.04. The molecule has 4 nitrogen and oxygen atoms in total. The summed E-state index contributed by atoms with van der Waals surface area (Å²) in [6.45, 7) is 3.74. The van der Waals surface area contributed by atoms with Crippen molar-refractivity contribution in [2.24, 2.45) is 0 Å². The molecule has 0 saturated heterocycles. The number of benzene rings is 2. The van der Waals surface area contributed by atoms with E-state index in [9.17, 15) is 14.0 Å². The first-order chi connectivity index (χ1) is 14.9. The average molecular weight is 419 g/mol. The highest BCUT2D eigenvalue weighted by Crippen LogP contribution is 2.24. The normalized spacial score (nSPS) is 10.7. The minimum absolute atomic E-state index is 0.0432. The fraction of sp³-hybridized carbons (Fsp3) is 0.269. The van der Waals surface area contributed by atoms with Crippen molar-refractivity contribution in [2.45, 2.75) is 39.5 Å². The summed E-state index contributed by atoms with van der Waals surface area (Å²) in [6.07, 6.45) is 2.24. The number of anilines is 1. The number of nitrogens with zero attached hydrogens (tertiary/aromatic N) is 2. The largest absolute Gasteiger partial charge is 0.316 e. The number of amides is 1. The predicted molar refractivity (Wildman–Crippen MR) is 122 cm³/mol.